The highest BCUT2D eigenvalue weighted by Gasteiger charge is 2.11. The van der Waals surface area contributed by atoms with Crippen LogP contribution in [-0.4, -0.2) is 50.5 Å². The third-order valence-electron chi connectivity index (χ3n) is 3.44. The van der Waals surface area contributed by atoms with E-state index in [1.807, 2.05) is 24.3 Å². The molecule has 0 aliphatic heterocycles. The Balaban J connectivity index is 1.50. The molecule has 0 bridgehead atoms. The summed E-state index contributed by atoms with van der Waals surface area (Å²) in [4.78, 5) is 25.0. The maximum atomic E-state index is 12.0. The van der Waals surface area contributed by atoms with E-state index in [1.165, 1.54) is 18.1 Å². The number of amides is 1. The molecule has 9 heteroatoms. The fraction of sp³-hybridized carbons (Fsp3) is 0.312. The Morgan fingerprint density at radius 2 is 2.08 bits per heavy atom. The number of carbonyl (C=O) groups is 1. The minimum absolute atomic E-state index is 0.0322. The number of aryl methyl sites for hydroxylation is 1. The average Bonchev–Trinajstić information content (AvgIpc) is 3.16. The van der Waals surface area contributed by atoms with Crippen molar-refractivity contribution in [3.63, 3.8) is 0 Å². The summed E-state index contributed by atoms with van der Waals surface area (Å²) in [5, 5.41) is 10.1. The molecule has 2 aromatic heterocycles. The van der Waals surface area contributed by atoms with Crippen LogP contribution in [0, 0.1) is 0 Å². The van der Waals surface area contributed by atoms with Gasteiger partial charge in [-0.3, -0.25) is 9.89 Å². The molecule has 0 saturated carbocycles. The van der Waals surface area contributed by atoms with Crippen molar-refractivity contribution in [2.24, 2.45) is 0 Å². The summed E-state index contributed by atoms with van der Waals surface area (Å²) in [6.45, 7) is 0.560. The summed E-state index contributed by atoms with van der Waals surface area (Å²) in [6.07, 6.45) is 2.26. The van der Waals surface area contributed by atoms with Gasteiger partial charge >= 0.3 is 0 Å². The number of methoxy groups -OCH3 is 1. The number of carbonyl (C=O) groups excluding carboxylic acids is 1. The molecule has 0 fully saturated rings. The normalized spacial score (nSPS) is 10.8. The zero-order chi connectivity index (χ0) is 17.5. The van der Waals surface area contributed by atoms with Crippen molar-refractivity contribution in [2.45, 2.75) is 18.0 Å². The summed E-state index contributed by atoms with van der Waals surface area (Å²) in [7, 11) is 1.56. The van der Waals surface area contributed by atoms with Crippen LogP contribution in [0.15, 0.2) is 35.7 Å². The zero-order valence-electron chi connectivity index (χ0n) is 13.7. The smallest absolute Gasteiger partial charge is 0.235 e. The van der Waals surface area contributed by atoms with E-state index >= 15 is 0 Å². The van der Waals surface area contributed by atoms with Gasteiger partial charge in [-0.15, -0.1) is 0 Å². The summed E-state index contributed by atoms with van der Waals surface area (Å²) in [6, 6.07) is 7.59. The van der Waals surface area contributed by atoms with Crippen molar-refractivity contribution in [3.8, 4) is 5.88 Å². The minimum atomic E-state index is -0.0322. The number of hydrogen-bond acceptors (Lipinski definition) is 7. The molecule has 25 heavy (non-hydrogen) atoms. The van der Waals surface area contributed by atoms with Crippen molar-refractivity contribution in [2.75, 3.05) is 19.4 Å². The molecule has 3 rings (SSSR count). The van der Waals surface area contributed by atoms with Crippen LogP contribution < -0.4 is 10.1 Å². The SMILES string of the molecule is COc1nc2ccccc2nc1CCC(=O)NCCSc1ncn[nH]1. The van der Waals surface area contributed by atoms with Crippen molar-refractivity contribution in [3.05, 3.63) is 36.3 Å². The maximum absolute atomic E-state index is 12.0. The molecule has 130 valence electrons. The van der Waals surface area contributed by atoms with Gasteiger partial charge in [0.25, 0.3) is 0 Å². The molecule has 2 N–H and O–H groups in total. The van der Waals surface area contributed by atoms with Gasteiger partial charge in [0.2, 0.25) is 11.8 Å². The van der Waals surface area contributed by atoms with E-state index in [9.17, 15) is 4.79 Å². The summed E-state index contributed by atoms with van der Waals surface area (Å²) >= 11 is 1.50. The van der Waals surface area contributed by atoms with Crippen LogP contribution >= 0.6 is 11.8 Å². The Morgan fingerprint density at radius 1 is 1.28 bits per heavy atom. The lowest BCUT2D eigenvalue weighted by Gasteiger charge is -2.08. The van der Waals surface area contributed by atoms with Crippen LogP contribution in [0.1, 0.15) is 12.1 Å². The zero-order valence-corrected chi connectivity index (χ0v) is 14.5. The van der Waals surface area contributed by atoms with E-state index in [0.29, 0.717) is 31.0 Å². The molecule has 0 aliphatic rings. The highest BCUT2D eigenvalue weighted by atomic mass is 32.2. The average molecular weight is 358 g/mol. The fourth-order valence-electron chi connectivity index (χ4n) is 2.27. The molecule has 1 amide bonds. The van der Waals surface area contributed by atoms with E-state index in [1.54, 1.807) is 7.11 Å². The highest BCUT2D eigenvalue weighted by Crippen LogP contribution is 2.19. The lowest BCUT2D eigenvalue weighted by Crippen LogP contribution is -2.26. The van der Waals surface area contributed by atoms with Crippen LogP contribution in [0.2, 0.25) is 0 Å². The minimum Gasteiger partial charge on any atom is -0.480 e. The first kappa shape index (κ1) is 17.2. The number of fused-ring (bicyclic) bond motifs is 1. The monoisotopic (exact) mass is 358 g/mol. The first-order chi connectivity index (χ1) is 12.3. The Morgan fingerprint density at radius 3 is 2.80 bits per heavy atom. The van der Waals surface area contributed by atoms with Crippen molar-refractivity contribution in [1.82, 2.24) is 30.5 Å². The molecule has 0 saturated heterocycles. The fourth-order valence-corrected chi connectivity index (χ4v) is 2.91. The molecule has 0 spiro atoms. The van der Waals surface area contributed by atoms with E-state index in [2.05, 4.69) is 30.5 Å². The predicted molar refractivity (Wildman–Crippen MR) is 94.5 cm³/mol. The third-order valence-corrected chi connectivity index (χ3v) is 4.32. The highest BCUT2D eigenvalue weighted by molar-refractivity contribution is 7.99. The number of nitrogens with one attached hydrogen (secondary N) is 2. The first-order valence-corrected chi connectivity index (χ1v) is 8.79. The predicted octanol–water partition coefficient (Wildman–Crippen LogP) is 1.60. The topological polar surface area (TPSA) is 106 Å². The summed E-state index contributed by atoms with van der Waals surface area (Å²) in [5.74, 6) is 1.16. The Labute approximate surface area is 148 Å². The number of hydrogen-bond donors (Lipinski definition) is 2. The van der Waals surface area contributed by atoms with E-state index in [0.717, 1.165) is 21.9 Å². The number of rotatable bonds is 8. The lowest BCUT2D eigenvalue weighted by atomic mass is 10.2. The molecule has 0 unspecified atom stereocenters. The van der Waals surface area contributed by atoms with Gasteiger partial charge in [-0.1, -0.05) is 23.9 Å². The van der Waals surface area contributed by atoms with Crippen LogP contribution in [0.25, 0.3) is 11.0 Å². The second kappa shape index (κ2) is 8.43. The van der Waals surface area contributed by atoms with Crippen LogP contribution in [-0.2, 0) is 11.2 Å². The lowest BCUT2D eigenvalue weighted by molar-refractivity contribution is -0.120. The quantitative estimate of drug-likeness (QED) is 0.465. The molecule has 2 heterocycles. The van der Waals surface area contributed by atoms with E-state index < -0.39 is 0 Å². The molecular formula is C16H18N6O2S. The van der Waals surface area contributed by atoms with Crippen molar-refractivity contribution in [1.29, 1.82) is 0 Å². The van der Waals surface area contributed by atoms with Gasteiger partial charge in [0, 0.05) is 25.1 Å². The Kier molecular flexibility index (Phi) is 5.78. The van der Waals surface area contributed by atoms with Crippen molar-refractivity contribution < 1.29 is 9.53 Å². The van der Waals surface area contributed by atoms with Gasteiger partial charge in [-0.25, -0.2) is 15.0 Å². The molecule has 1 aromatic carbocycles. The molecule has 0 atom stereocenters. The number of aromatic amines is 1. The number of aromatic nitrogens is 5. The van der Waals surface area contributed by atoms with Gasteiger partial charge < -0.3 is 10.1 Å². The number of thioether (sulfide) groups is 1. The van der Waals surface area contributed by atoms with Gasteiger partial charge in [-0.2, -0.15) is 5.10 Å². The second-order valence-electron chi connectivity index (χ2n) is 5.16. The molecule has 8 nitrogen and oxygen atoms in total. The molecule has 0 aliphatic carbocycles. The molecule has 0 radical (unpaired) electrons. The number of ether oxygens (including phenoxy) is 1. The molecular weight excluding hydrogens is 340 g/mol. The third kappa shape index (κ3) is 4.66. The van der Waals surface area contributed by atoms with Gasteiger partial charge in [0.15, 0.2) is 5.16 Å². The first-order valence-electron chi connectivity index (χ1n) is 7.81. The number of nitrogens with zero attached hydrogens (tertiary/aromatic N) is 4. The van der Waals surface area contributed by atoms with E-state index in [4.69, 9.17) is 4.74 Å². The van der Waals surface area contributed by atoms with Crippen LogP contribution in [0.5, 0.6) is 5.88 Å². The summed E-state index contributed by atoms with van der Waals surface area (Å²) in [5.41, 5.74) is 2.26. The Bertz CT molecular complexity index is 840. The van der Waals surface area contributed by atoms with Gasteiger partial charge in [0.1, 0.15) is 12.0 Å². The van der Waals surface area contributed by atoms with Gasteiger partial charge in [-0.05, 0) is 12.1 Å². The number of H-pyrrole nitrogens is 1. The van der Waals surface area contributed by atoms with Gasteiger partial charge in [0.05, 0.1) is 18.1 Å². The van der Waals surface area contributed by atoms with Crippen LogP contribution in [0.3, 0.4) is 0 Å². The number of para-hydroxylation sites is 2. The second-order valence-corrected chi connectivity index (χ2v) is 6.24. The standard InChI is InChI=1S/C16H18N6O2S/c1-24-15-13(20-11-4-2-3-5-12(11)21-15)6-7-14(23)17-8-9-25-16-18-10-19-22-16/h2-5,10H,6-9H2,1H3,(H,17,23)(H,18,19,22). The van der Waals surface area contributed by atoms with Crippen molar-refractivity contribution >= 4 is 28.7 Å². The van der Waals surface area contributed by atoms with E-state index in [-0.39, 0.29) is 5.91 Å². The molecule has 3 aromatic rings. The number of benzene rings is 1. The van der Waals surface area contributed by atoms with Crippen LogP contribution in [0.4, 0.5) is 0 Å². The Hall–Kier alpha value is -2.68. The maximum Gasteiger partial charge on any atom is 0.235 e. The largest absolute Gasteiger partial charge is 0.480 e. The summed E-state index contributed by atoms with van der Waals surface area (Å²) < 4.78 is 5.30.